The van der Waals surface area contributed by atoms with Crippen molar-refractivity contribution < 1.29 is 9.47 Å². The summed E-state index contributed by atoms with van der Waals surface area (Å²) in [6.07, 6.45) is 5.04. The third kappa shape index (κ3) is 3.53. The Balaban J connectivity index is 1.71. The van der Waals surface area contributed by atoms with Gasteiger partial charge in [0.05, 0.1) is 25.6 Å². The first-order chi connectivity index (χ1) is 15.6. The molecule has 166 valence electrons. The zero-order chi connectivity index (χ0) is 22.2. The van der Waals surface area contributed by atoms with E-state index in [2.05, 4.69) is 23.1 Å². The molecule has 5 rings (SSSR count). The largest absolute Gasteiger partial charge is 0.497 e. The summed E-state index contributed by atoms with van der Waals surface area (Å²) in [5.41, 5.74) is 6.71. The molecule has 6 nitrogen and oxygen atoms in total. The fraction of sp³-hybridized carbons (Fsp3) is 0.385. The van der Waals surface area contributed by atoms with Gasteiger partial charge in [-0.2, -0.15) is 9.78 Å². The third-order valence-corrected chi connectivity index (χ3v) is 6.67. The van der Waals surface area contributed by atoms with Crippen LogP contribution in [-0.4, -0.2) is 37.1 Å². The van der Waals surface area contributed by atoms with Crippen LogP contribution < -0.4 is 19.9 Å². The number of benzene rings is 2. The van der Waals surface area contributed by atoms with Gasteiger partial charge in [-0.15, -0.1) is 0 Å². The van der Waals surface area contributed by atoms with E-state index in [4.69, 9.17) is 14.6 Å². The number of anilines is 1. The first-order valence-corrected chi connectivity index (χ1v) is 11.3. The molecule has 0 spiro atoms. The van der Waals surface area contributed by atoms with Crippen LogP contribution in [0.15, 0.2) is 41.2 Å². The second-order valence-electron chi connectivity index (χ2n) is 8.64. The highest BCUT2D eigenvalue weighted by Gasteiger charge is 2.25. The predicted octanol–water partition coefficient (Wildman–Crippen LogP) is 4.31. The van der Waals surface area contributed by atoms with Gasteiger partial charge in [-0.3, -0.25) is 4.79 Å². The number of ether oxygens (including phenoxy) is 2. The molecule has 2 aliphatic rings. The van der Waals surface area contributed by atoms with E-state index in [-0.39, 0.29) is 5.56 Å². The molecule has 32 heavy (non-hydrogen) atoms. The average Bonchev–Trinajstić information content (AvgIpc) is 3.52. The van der Waals surface area contributed by atoms with Crippen molar-refractivity contribution in [1.29, 1.82) is 0 Å². The van der Waals surface area contributed by atoms with E-state index in [1.165, 1.54) is 12.8 Å². The Labute approximate surface area is 188 Å². The fourth-order valence-electron chi connectivity index (χ4n) is 4.91. The van der Waals surface area contributed by atoms with Crippen LogP contribution in [0.2, 0.25) is 0 Å². The van der Waals surface area contributed by atoms with Crippen molar-refractivity contribution in [2.75, 3.05) is 32.2 Å². The summed E-state index contributed by atoms with van der Waals surface area (Å²) >= 11 is 0. The van der Waals surface area contributed by atoms with Gasteiger partial charge >= 0.3 is 0 Å². The lowest BCUT2D eigenvalue weighted by atomic mass is 10.0. The molecule has 0 amide bonds. The minimum atomic E-state index is -0.00205. The minimum absolute atomic E-state index is 0.00205. The summed E-state index contributed by atoms with van der Waals surface area (Å²) in [5, 5.41) is 4.94. The maximum Gasteiger partial charge on any atom is 0.275 e. The van der Waals surface area contributed by atoms with Crippen molar-refractivity contribution in [3.8, 4) is 28.4 Å². The molecule has 0 atom stereocenters. The number of methoxy groups -OCH3 is 2. The third-order valence-electron chi connectivity index (χ3n) is 6.67. The van der Waals surface area contributed by atoms with E-state index >= 15 is 0 Å². The molecule has 0 saturated carbocycles. The summed E-state index contributed by atoms with van der Waals surface area (Å²) in [5.74, 6) is 1.41. The Morgan fingerprint density at radius 2 is 1.56 bits per heavy atom. The lowest BCUT2D eigenvalue weighted by Gasteiger charge is -2.20. The van der Waals surface area contributed by atoms with Gasteiger partial charge in [0, 0.05) is 36.0 Å². The topological polar surface area (TPSA) is 56.6 Å². The van der Waals surface area contributed by atoms with Gasteiger partial charge in [0.15, 0.2) is 0 Å². The number of fused-ring (bicyclic) bond motifs is 1. The SMILES string of the molecule is COc1cc(OC)cc(-c2nn(-c3cc(N4CCCC4)ccc3C)c(=O)c3c2CCC3)c1. The summed E-state index contributed by atoms with van der Waals surface area (Å²) < 4.78 is 12.6. The minimum Gasteiger partial charge on any atom is -0.497 e. The van der Waals surface area contributed by atoms with Crippen LogP contribution in [-0.2, 0) is 12.8 Å². The van der Waals surface area contributed by atoms with Gasteiger partial charge < -0.3 is 14.4 Å². The molecule has 1 aliphatic heterocycles. The molecule has 1 saturated heterocycles. The van der Waals surface area contributed by atoms with Gasteiger partial charge in [0.2, 0.25) is 0 Å². The molecule has 2 heterocycles. The van der Waals surface area contributed by atoms with Gasteiger partial charge in [-0.05, 0) is 74.4 Å². The molecule has 6 heteroatoms. The Morgan fingerprint density at radius 3 is 2.25 bits per heavy atom. The first-order valence-electron chi connectivity index (χ1n) is 11.3. The van der Waals surface area contributed by atoms with Gasteiger partial charge in [0.25, 0.3) is 5.56 Å². The summed E-state index contributed by atoms with van der Waals surface area (Å²) in [4.78, 5) is 15.9. The van der Waals surface area contributed by atoms with Crippen LogP contribution in [0.4, 0.5) is 5.69 Å². The highest BCUT2D eigenvalue weighted by atomic mass is 16.5. The molecule has 2 aromatic carbocycles. The highest BCUT2D eigenvalue weighted by Crippen LogP contribution is 2.34. The molecule has 0 radical (unpaired) electrons. The van der Waals surface area contributed by atoms with Crippen LogP contribution in [0.5, 0.6) is 11.5 Å². The van der Waals surface area contributed by atoms with E-state index in [0.29, 0.717) is 11.5 Å². The second kappa shape index (κ2) is 8.34. The Kier molecular flexibility index (Phi) is 5.37. The fourth-order valence-corrected chi connectivity index (χ4v) is 4.91. The number of aromatic nitrogens is 2. The van der Waals surface area contributed by atoms with Crippen molar-refractivity contribution in [1.82, 2.24) is 9.78 Å². The summed E-state index contributed by atoms with van der Waals surface area (Å²) in [6, 6.07) is 12.1. The Morgan fingerprint density at radius 1 is 0.875 bits per heavy atom. The van der Waals surface area contributed by atoms with E-state index in [1.54, 1.807) is 18.9 Å². The Hall–Kier alpha value is -3.28. The van der Waals surface area contributed by atoms with E-state index in [0.717, 1.165) is 71.7 Å². The molecule has 0 unspecified atom stereocenters. The molecular weight excluding hydrogens is 402 g/mol. The standard InChI is InChI=1S/C26H29N3O3/c1-17-9-10-19(28-11-4-5-12-28)15-24(17)29-26(30)23-8-6-7-22(23)25(27-29)18-13-20(31-2)16-21(14-18)32-3/h9-10,13-16H,4-8,11-12H2,1-3H3. The molecule has 3 aromatic rings. The van der Waals surface area contributed by atoms with Crippen LogP contribution >= 0.6 is 0 Å². The van der Waals surface area contributed by atoms with E-state index in [9.17, 15) is 4.79 Å². The second-order valence-corrected chi connectivity index (χ2v) is 8.64. The number of hydrogen-bond donors (Lipinski definition) is 0. The van der Waals surface area contributed by atoms with Gasteiger partial charge in [-0.25, -0.2) is 0 Å². The molecule has 0 bridgehead atoms. The predicted molar refractivity (Wildman–Crippen MR) is 127 cm³/mol. The zero-order valence-corrected chi connectivity index (χ0v) is 19.0. The maximum absolute atomic E-state index is 13.5. The van der Waals surface area contributed by atoms with E-state index < -0.39 is 0 Å². The van der Waals surface area contributed by atoms with Crippen LogP contribution in [0.1, 0.15) is 36.0 Å². The Bertz CT molecular complexity index is 1200. The number of nitrogens with zero attached hydrogens (tertiary/aromatic N) is 3. The van der Waals surface area contributed by atoms with Crippen molar-refractivity contribution in [3.05, 3.63) is 63.4 Å². The summed E-state index contributed by atoms with van der Waals surface area (Å²) in [7, 11) is 3.29. The van der Waals surface area contributed by atoms with Crippen molar-refractivity contribution in [2.45, 2.75) is 39.0 Å². The van der Waals surface area contributed by atoms with Gasteiger partial charge in [0.1, 0.15) is 11.5 Å². The monoisotopic (exact) mass is 431 g/mol. The van der Waals surface area contributed by atoms with Crippen LogP contribution in [0.25, 0.3) is 16.9 Å². The van der Waals surface area contributed by atoms with Crippen molar-refractivity contribution in [2.24, 2.45) is 0 Å². The highest BCUT2D eigenvalue weighted by molar-refractivity contribution is 5.69. The molecule has 1 aromatic heterocycles. The maximum atomic E-state index is 13.5. The normalized spacial score (nSPS) is 15.2. The quantitative estimate of drug-likeness (QED) is 0.602. The summed E-state index contributed by atoms with van der Waals surface area (Å²) in [6.45, 7) is 4.16. The number of rotatable bonds is 5. The molecule has 0 N–H and O–H groups in total. The average molecular weight is 432 g/mol. The van der Waals surface area contributed by atoms with Gasteiger partial charge in [-0.1, -0.05) is 6.07 Å². The lowest BCUT2D eigenvalue weighted by molar-refractivity contribution is 0.394. The molecular formula is C26H29N3O3. The lowest BCUT2D eigenvalue weighted by Crippen LogP contribution is -2.27. The number of hydrogen-bond acceptors (Lipinski definition) is 5. The number of aryl methyl sites for hydroxylation is 1. The van der Waals surface area contributed by atoms with E-state index in [1.807, 2.05) is 25.1 Å². The van der Waals surface area contributed by atoms with Crippen LogP contribution in [0, 0.1) is 6.92 Å². The molecule has 1 aliphatic carbocycles. The first kappa shape index (κ1) is 20.6. The molecule has 1 fully saturated rings. The van der Waals surface area contributed by atoms with Crippen LogP contribution in [0.3, 0.4) is 0 Å². The smallest absolute Gasteiger partial charge is 0.275 e. The van der Waals surface area contributed by atoms with Crippen molar-refractivity contribution in [3.63, 3.8) is 0 Å². The van der Waals surface area contributed by atoms with Crippen molar-refractivity contribution >= 4 is 5.69 Å². The zero-order valence-electron chi connectivity index (χ0n) is 19.0.